The van der Waals surface area contributed by atoms with Gasteiger partial charge in [0, 0.05) is 19.3 Å². The van der Waals surface area contributed by atoms with E-state index >= 15 is 0 Å². The van der Waals surface area contributed by atoms with Crippen LogP contribution in [0, 0.1) is 0 Å². The summed E-state index contributed by atoms with van der Waals surface area (Å²) in [6.45, 7) is 6.41. The lowest BCUT2D eigenvalue weighted by atomic mass is 10.0. The third-order valence-electron chi connectivity index (χ3n) is 14.6. The first-order valence-electron chi connectivity index (χ1n) is 33.7. The molecule has 0 radical (unpaired) electrons. The fraction of sp³-hybridized carbons (Fsp3) is 0.740. The highest BCUT2D eigenvalue weighted by Gasteiger charge is 2.19. The molecule has 0 amide bonds. The van der Waals surface area contributed by atoms with Crippen LogP contribution in [0.1, 0.15) is 329 Å². The summed E-state index contributed by atoms with van der Waals surface area (Å²) in [5.74, 6) is -0.916. The first-order valence-corrected chi connectivity index (χ1v) is 33.7. The third-order valence-corrected chi connectivity index (χ3v) is 14.6. The molecule has 6 nitrogen and oxygen atoms in total. The van der Waals surface area contributed by atoms with Crippen LogP contribution in [0.4, 0.5) is 0 Å². The van der Waals surface area contributed by atoms with Gasteiger partial charge in [0.1, 0.15) is 13.2 Å². The highest BCUT2D eigenvalue weighted by Crippen LogP contribution is 2.17. The number of esters is 3. The molecular weight excluding hydrogens is 973 g/mol. The summed E-state index contributed by atoms with van der Waals surface area (Å²) >= 11 is 0. The topological polar surface area (TPSA) is 78.9 Å². The molecule has 0 saturated carbocycles. The average Bonchev–Trinajstić information content (AvgIpc) is 3.45. The van der Waals surface area contributed by atoms with Gasteiger partial charge in [-0.15, -0.1) is 0 Å². The Labute approximate surface area is 489 Å². The van der Waals surface area contributed by atoms with E-state index in [9.17, 15) is 14.4 Å². The Morgan fingerprint density at radius 2 is 0.494 bits per heavy atom. The summed E-state index contributed by atoms with van der Waals surface area (Å²) in [7, 11) is 0. The standard InChI is InChI=1S/C73H126O6/c1-4-7-10-13-16-19-22-25-27-29-31-33-34-35-36-37-38-40-41-43-45-48-51-54-57-60-63-66-72(75)78-69-70(68-77-71(74)65-62-59-56-53-50-47-24-21-18-15-12-9-6-3)79-73(76)67-64-61-58-55-52-49-46-44-42-39-32-30-28-26-23-20-17-14-11-8-5-2/h8-9,11-12,17-18,20-21,26,28-29,31-32,39,47,50,70H,4-7,10,13-16,19,22-25,27,30,33-38,40-46,48-49,51-69H2,1-3H3/b11-8-,12-9-,20-17-,21-18-,28-26-,31-29-,39-32-,50-47-. The number of hydrogen-bond donors (Lipinski definition) is 0. The van der Waals surface area contributed by atoms with Gasteiger partial charge in [-0.3, -0.25) is 14.4 Å². The Morgan fingerprint density at radius 1 is 0.266 bits per heavy atom. The van der Waals surface area contributed by atoms with Crippen LogP contribution in [-0.4, -0.2) is 37.2 Å². The molecule has 1 unspecified atom stereocenters. The molecule has 0 spiro atoms. The summed E-state index contributed by atoms with van der Waals surface area (Å²) < 4.78 is 16.9. The van der Waals surface area contributed by atoms with Crippen molar-refractivity contribution < 1.29 is 28.6 Å². The molecule has 79 heavy (non-hydrogen) atoms. The molecule has 0 N–H and O–H groups in total. The molecule has 0 aliphatic heterocycles. The zero-order valence-electron chi connectivity index (χ0n) is 52.1. The van der Waals surface area contributed by atoms with Crippen molar-refractivity contribution in [1.82, 2.24) is 0 Å². The Bertz CT molecular complexity index is 1540. The van der Waals surface area contributed by atoms with Gasteiger partial charge in [-0.1, -0.05) is 291 Å². The van der Waals surface area contributed by atoms with E-state index in [4.69, 9.17) is 14.2 Å². The van der Waals surface area contributed by atoms with Crippen LogP contribution in [-0.2, 0) is 28.6 Å². The highest BCUT2D eigenvalue weighted by atomic mass is 16.6. The number of carbonyl (C=O) groups excluding carboxylic acids is 3. The first-order chi connectivity index (χ1) is 39.0. The minimum Gasteiger partial charge on any atom is -0.462 e. The van der Waals surface area contributed by atoms with Gasteiger partial charge in [-0.2, -0.15) is 0 Å². The molecule has 454 valence electrons. The lowest BCUT2D eigenvalue weighted by Crippen LogP contribution is -2.30. The maximum Gasteiger partial charge on any atom is 0.306 e. The predicted molar refractivity (Wildman–Crippen MR) is 344 cm³/mol. The van der Waals surface area contributed by atoms with Crippen molar-refractivity contribution in [2.45, 2.75) is 335 Å². The monoisotopic (exact) mass is 1100 g/mol. The zero-order chi connectivity index (χ0) is 57.1. The van der Waals surface area contributed by atoms with Gasteiger partial charge in [-0.25, -0.2) is 0 Å². The number of rotatable bonds is 61. The largest absolute Gasteiger partial charge is 0.462 e. The van der Waals surface area contributed by atoms with Crippen LogP contribution in [0.25, 0.3) is 0 Å². The van der Waals surface area contributed by atoms with Crippen molar-refractivity contribution in [2.75, 3.05) is 13.2 Å². The molecule has 0 bridgehead atoms. The van der Waals surface area contributed by atoms with Crippen LogP contribution in [0.2, 0.25) is 0 Å². The lowest BCUT2D eigenvalue weighted by molar-refractivity contribution is -0.167. The molecule has 0 heterocycles. The second-order valence-corrected chi connectivity index (χ2v) is 22.3. The maximum absolute atomic E-state index is 12.9. The molecule has 0 aliphatic rings. The van der Waals surface area contributed by atoms with Crippen molar-refractivity contribution >= 4 is 17.9 Å². The minimum absolute atomic E-state index is 0.0889. The van der Waals surface area contributed by atoms with Crippen LogP contribution < -0.4 is 0 Å². The quantitative estimate of drug-likeness (QED) is 0.0261. The number of unbranched alkanes of at least 4 members (excludes halogenated alkanes) is 34. The van der Waals surface area contributed by atoms with Gasteiger partial charge in [0.25, 0.3) is 0 Å². The summed E-state index contributed by atoms with van der Waals surface area (Å²) in [4.78, 5) is 38.3. The van der Waals surface area contributed by atoms with Crippen LogP contribution >= 0.6 is 0 Å². The number of ether oxygens (including phenoxy) is 3. The highest BCUT2D eigenvalue weighted by molar-refractivity contribution is 5.71. The molecular formula is C73H126O6. The smallest absolute Gasteiger partial charge is 0.306 e. The summed E-state index contributed by atoms with van der Waals surface area (Å²) in [5, 5.41) is 0. The lowest BCUT2D eigenvalue weighted by Gasteiger charge is -2.18. The summed E-state index contributed by atoms with van der Waals surface area (Å²) in [6, 6.07) is 0. The van der Waals surface area contributed by atoms with Gasteiger partial charge in [0.15, 0.2) is 6.10 Å². The number of hydrogen-bond acceptors (Lipinski definition) is 6. The van der Waals surface area contributed by atoms with E-state index in [1.165, 1.54) is 173 Å². The Hall–Kier alpha value is -3.67. The molecule has 0 fully saturated rings. The maximum atomic E-state index is 12.9. The average molecular weight is 1100 g/mol. The molecule has 0 rings (SSSR count). The van der Waals surface area contributed by atoms with Crippen molar-refractivity contribution in [1.29, 1.82) is 0 Å². The van der Waals surface area contributed by atoms with Gasteiger partial charge in [0.05, 0.1) is 0 Å². The van der Waals surface area contributed by atoms with Gasteiger partial charge in [0.2, 0.25) is 0 Å². The minimum atomic E-state index is -0.796. The second-order valence-electron chi connectivity index (χ2n) is 22.3. The molecule has 0 saturated heterocycles. The van der Waals surface area contributed by atoms with E-state index in [1.54, 1.807) is 0 Å². The summed E-state index contributed by atoms with van der Waals surface area (Å²) in [6.07, 6.45) is 90.1. The Balaban J connectivity index is 4.29. The second kappa shape index (κ2) is 66.8. The molecule has 0 aromatic rings. The molecule has 0 aromatic carbocycles. The van der Waals surface area contributed by atoms with Crippen molar-refractivity contribution in [3.05, 3.63) is 97.2 Å². The molecule has 6 heteroatoms. The van der Waals surface area contributed by atoms with E-state index in [0.29, 0.717) is 19.3 Å². The number of carbonyl (C=O) groups is 3. The van der Waals surface area contributed by atoms with E-state index < -0.39 is 6.10 Å². The normalized spacial score (nSPS) is 12.7. The fourth-order valence-corrected chi connectivity index (χ4v) is 9.56. The summed E-state index contributed by atoms with van der Waals surface area (Å²) in [5.41, 5.74) is 0. The van der Waals surface area contributed by atoms with Crippen LogP contribution in [0.15, 0.2) is 97.2 Å². The third kappa shape index (κ3) is 65.0. The van der Waals surface area contributed by atoms with Crippen LogP contribution in [0.5, 0.6) is 0 Å². The van der Waals surface area contributed by atoms with Crippen molar-refractivity contribution in [3.63, 3.8) is 0 Å². The van der Waals surface area contributed by atoms with Gasteiger partial charge >= 0.3 is 17.9 Å². The predicted octanol–water partition coefficient (Wildman–Crippen LogP) is 23.2. The van der Waals surface area contributed by atoms with E-state index in [-0.39, 0.29) is 31.1 Å². The first kappa shape index (κ1) is 75.3. The Morgan fingerprint density at radius 3 is 0.797 bits per heavy atom. The number of allylic oxidation sites excluding steroid dienone is 16. The fourth-order valence-electron chi connectivity index (χ4n) is 9.56. The molecule has 1 atom stereocenters. The van der Waals surface area contributed by atoms with E-state index in [2.05, 4.69) is 118 Å². The van der Waals surface area contributed by atoms with Gasteiger partial charge < -0.3 is 14.2 Å². The van der Waals surface area contributed by atoms with Gasteiger partial charge in [-0.05, 0) is 116 Å². The van der Waals surface area contributed by atoms with Crippen molar-refractivity contribution in [2.24, 2.45) is 0 Å². The SMILES string of the molecule is CC/C=C\C/C=C\C/C=C\C/C=C\CCCCCCCCCCC(=O)OC(COC(=O)CCCCC/C=C\C/C=C\C/C=C\CC)COC(=O)CCCCCCCCCCCCCCCCC/C=C\CCCCCCCCCC. The van der Waals surface area contributed by atoms with Crippen molar-refractivity contribution in [3.8, 4) is 0 Å². The van der Waals surface area contributed by atoms with E-state index in [0.717, 1.165) is 116 Å². The van der Waals surface area contributed by atoms with E-state index in [1.807, 2.05) is 0 Å². The zero-order valence-corrected chi connectivity index (χ0v) is 52.1. The Kier molecular flexibility index (Phi) is 63.7. The van der Waals surface area contributed by atoms with Crippen LogP contribution in [0.3, 0.4) is 0 Å². The molecule has 0 aromatic heterocycles. The molecule has 0 aliphatic carbocycles.